The third-order valence-electron chi connectivity index (χ3n) is 8.99. The predicted molar refractivity (Wildman–Crippen MR) is 160 cm³/mol. The summed E-state index contributed by atoms with van der Waals surface area (Å²) < 4.78 is 5.68. The van der Waals surface area contributed by atoms with Crippen LogP contribution in [0.1, 0.15) is 93.0 Å². The van der Waals surface area contributed by atoms with Crippen molar-refractivity contribution in [2.45, 2.75) is 83.5 Å². The number of hydrogen-bond acceptors (Lipinski definition) is 6. The molecular formula is C31H47ClN4O5. The van der Waals surface area contributed by atoms with Crippen LogP contribution in [-0.4, -0.2) is 78.6 Å². The molecule has 9 nitrogen and oxygen atoms in total. The van der Waals surface area contributed by atoms with Crippen LogP contribution in [0.4, 0.5) is 5.69 Å². The van der Waals surface area contributed by atoms with Gasteiger partial charge in [-0.1, -0.05) is 37.3 Å². The number of aliphatic carboxylic acids is 1. The number of carbonyl (C=O) groups excluding carboxylic acids is 2. The number of carbonyl (C=O) groups is 3. The Morgan fingerprint density at radius 1 is 0.951 bits per heavy atom. The number of likely N-dealkylation sites (tertiary alicyclic amines) is 2. The number of rotatable bonds is 14. The van der Waals surface area contributed by atoms with E-state index in [4.69, 9.17) is 27.2 Å². The maximum absolute atomic E-state index is 12.9. The highest BCUT2D eigenvalue weighted by atomic mass is 35.5. The van der Waals surface area contributed by atoms with E-state index in [1.165, 1.54) is 0 Å². The van der Waals surface area contributed by atoms with Crippen LogP contribution >= 0.6 is 11.6 Å². The minimum atomic E-state index is -0.720. The maximum atomic E-state index is 12.9. The van der Waals surface area contributed by atoms with Gasteiger partial charge in [0, 0.05) is 51.0 Å². The third kappa shape index (κ3) is 9.23. The van der Waals surface area contributed by atoms with E-state index in [-0.39, 0.29) is 18.2 Å². The first-order chi connectivity index (χ1) is 19.8. The van der Waals surface area contributed by atoms with Gasteiger partial charge < -0.3 is 30.7 Å². The molecule has 3 aliphatic heterocycles. The average molecular weight is 591 g/mol. The molecule has 4 N–H and O–H groups in total. The molecule has 0 spiro atoms. The highest BCUT2D eigenvalue weighted by molar-refractivity contribution is 6.33. The number of benzene rings is 1. The third-order valence-corrected chi connectivity index (χ3v) is 9.30. The molecule has 1 aromatic rings. The molecule has 0 saturated carbocycles. The van der Waals surface area contributed by atoms with Gasteiger partial charge in [-0.05, 0) is 69.5 Å². The summed E-state index contributed by atoms with van der Waals surface area (Å²) in [6, 6.07) is 1.62. The second-order valence-corrected chi connectivity index (χ2v) is 12.4. The minimum absolute atomic E-state index is 0.151. The topological polar surface area (TPSA) is 125 Å². The highest BCUT2D eigenvalue weighted by Crippen LogP contribution is 2.38. The van der Waals surface area contributed by atoms with Gasteiger partial charge in [0.2, 0.25) is 5.91 Å². The lowest BCUT2D eigenvalue weighted by molar-refractivity contribution is -0.137. The molecule has 0 radical (unpaired) electrons. The Morgan fingerprint density at radius 2 is 1.59 bits per heavy atom. The Hall–Kier alpha value is -2.52. The number of nitrogens with two attached hydrogens (primary N) is 1. The van der Waals surface area contributed by atoms with Crippen molar-refractivity contribution >= 4 is 35.1 Å². The van der Waals surface area contributed by atoms with E-state index >= 15 is 0 Å². The van der Waals surface area contributed by atoms with Gasteiger partial charge >= 0.3 is 5.97 Å². The van der Waals surface area contributed by atoms with Crippen LogP contribution in [0.2, 0.25) is 5.02 Å². The Balaban J connectivity index is 1.06. The number of hydrogen-bond donors (Lipinski definition) is 3. The van der Waals surface area contributed by atoms with E-state index < -0.39 is 5.97 Å². The van der Waals surface area contributed by atoms with Crippen molar-refractivity contribution in [1.82, 2.24) is 15.1 Å². The normalized spacial score (nSPS) is 18.2. The van der Waals surface area contributed by atoms with Crippen molar-refractivity contribution in [2.75, 3.05) is 51.6 Å². The number of amides is 2. The summed E-state index contributed by atoms with van der Waals surface area (Å²) in [6.45, 7) is 6.08. The molecule has 2 amide bonds. The van der Waals surface area contributed by atoms with E-state index in [2.05, 4.69) is 10.2 Å². The van der Waals surface area contributed by atoms with Crippen molar-refractivity contribution in [3.05, 3.63) is 22.2 Å². The molecule has 2 fully saturated rings. The molecule has 10 heteroatoms. The minimum Gasteiger partial charge on any atom is -0.492 e. The Kier molecular flexibility index (Phi) is 12.0. The summed E-state index contributed by atoms with van der Waals surface area (Å²) in [5, 5.41) is 12.2. The van der Waals surface area contributed by atoms with Gasteiger partial charge in [-0.25, -0.2) is 0 Å². The number of anilines is 1. The van der Waals surface area contributed by atoms with E-state index in [1.807, 2.05) is 4.90 Å². The van der Waals surface area contributed by atoms with Gasteiger partial charge in [-0.3, -0.25) is 14.4 Å². The number of fused-ring (bicyclic) bond motifs is 1. The van der Waals surface area contributed by atoms with Crippen LogP contribution in [0.5, 0.6) is 5.75 Å². The maximum Gasteiger partial charge on any atom is 0.303 e. The second-order valence-electron chi connectivity index (χ2n) is 12.0. The first-order valence-electron chi connectivity index (χ1n) is 15.6. The largest absolute Gasteiger partial charge is 0.492 e. The molecule has 228 valence electrons. The Labute approximate surface area is 249 Å². The first-order valence-corrected chi connectivity index (χ1v) is 15.9. The van der Waals surface area contributed by atoms with E-state index in [0.717, 1.165) is 102 Å². The average Bonchev–Trinajstić information content (AvgIpc) is 3.46. The van der Waals surface area contributed by atoms with Gasteiger partial charge in [-0.15, -0.1) is 0 Å². The van der Waals surface area contributed by atoms with Crippen molar-refractivity contribution in [2.24, 2.45) is 11.8 Å². The molecule has 0 atom stereocenters. The monoisotopic (exact) mass is 590 g/mol. The molecule has 2 saturated heterocycles. The lowest BCUT2D eigenvalue weighted by Crippen LogP contribution is -2.44. The van der Waals surface area contributed by atoms with Crippen molar-refractivity contribution in [3.8, 4) is 5.75 Å². The summed E-state index contributed by atoms with van der Waals surface area (Å²) >= 11 is 6.26. The van der Waals surface area contributed by atoms with Crippen molar-refractivity contribution in [1.29, 1.82) is 0 Å². The quantitative estimate of drug-likeness (QED) is 0.211. The molecule has 4 rings (SSSR count). The lowest BCUT2D eigenvalue weighted by Gasteiger charge is -2.37. The summed E-state index contributed by atoms with van der Waals surface area (Å²) in [5.74, 6) is 1.09. The SMILES string of the molecule is Nc1c(Cl)cc(C(=O)NCC2CCN(CC3CCN(C(=O)CCCCCCCCC(=O)O)CC3)CC2)c2c1CCO2. The summed E-state index contributed by atoms with van der Waals surface area (Å²) in [6.07, 6.45) is 11.6. The number of carboxylic acid groups (broad SMARTS) is 1. The number of piperidine rings is 2. The molecule has 3 heterocycles. The molecule has 0 unspecified atom stereocenters. The van der Waals surface area contributed by atoms with Gasteiger partial charge in [0.25, 0.3) is 5.91 Å². The van der Waals surface area contributed by atoms with Gasteiger partial charge in [0.1, 0.15) is 5.75 Å². The van der Waals surface area contributed by atoms with Crippen LogP contribution in [0.15, 0.2) is 6.07 Å². The summed E-state index contributed by atoms with van der Waals surface area (Å²) in [4.78, 5) is 40.7. The van der Waals surface area contributed by atoms with Gasteiger partial charge in [0.05, 0.1) is 22.9 Å². The fourth-order valence-electron chi connectivity index (χ4n) is 6.39. The smallest absolute Gasteiger partial charge is 0.303 e. The molecule has 1 aromatic carbocycles. The highest BCUT2D eigenvalue weighted by Gasteiger charge is 2.28. The second kappa shape index (κ2) is 15.6. The standard InChI is InChI=1S/C31H47ClN4O5/c32-26-19-25(30-24(29(26)33)13-18-41-30)31(40)34-20-22-9-14-35(15-10-22)21-23-11-16-36(17-12-23)27(37)7-5-3-1-2-4-6-8-28(38)39/h19,22-23H,1-18,20-21,33H2,(H,34,40)(H,38,39). The van der Waals surface area contributed by atoms with Crippen molar-refractivity contribution < 1.29 is 24.2 Å². The fourth-order valence-corrected chi connectivity index (χ4v) is 6.61. The molecule has 41 heavy (non-hydrogen) atoms. The molecule has 3 aliphatic rings. The number of carboxylic acids is 1. The first kappa shape index (κ1) is 31.4. The molecular weight excluding hydrogens is 544 g/mol. The van der Waals surface area contributed by atoms with Crippen LogP contribution in [-0.2, 0) is 16.0 Å². The summed E-state index contributed by atoms with van der Waals surface area (Å²) in [7, 11) is 0. The number of nitrogens with one attached hydrogen (secondary N) is 1. The molecule has 0 bridgehead atoms. The Bertz CT molecular complexity index is 1050. The van der Waals surface area contributed by atoms with E-state index in [9.17, 15) is 14.4 Å². The number of halogens is 1. The number of nitrogen functional groups attached to an aromatic ring is 1. The van der Waals surface area contributed by atoms with E-state index in [0.29, 0.717) is 59.9 Å². The lowest BCUT2D eigenvalue weighted by atomic mass is 9.92. The van der Waals surface area contributed by atoms with Crippen LogP contribution < -0.4 is 15.8 Å². The summed E-state index contributed by atoms with van der Waals surface area (Å²) in [5.41, 5.74) is 7.88. The van der Waals surface area contributed by atoms with Gasteiger partial charge in [-0.2, -0.15) is 0 Å². The predicted octanol–water partition coefficient (Wildman–Crippen LogP) is 4.74. The van der Waals surface area contributed by atoms with E-state index in [1.54, 1.807) is 6.07 Å². The van der Waals surface area contributed by atoms with Crippen LogP contribution in [0.25, 0.3) is 0 Å². The Morgan fingerprint density at radius 3 is 2.27 bits per heavy atom. The number of ether oxygens (including phenoxy) is 1. The fraction of sp³-hybridized carbons (Fsp3) is 0.710. The van der Waals surface area contributed by atoms with Crippen LogP contribution in [0.3, 0.4) is 0 Å². The zero-order chi connectivity index (χ0) is 29.2. The zero-order valence-corrected chi connectivity index (χ0v) is 25.1. The zero-order valence-electron chi connectivity index (χ0n) is 24.3. The molecule has 0 aromatic heterocycles. The molecule has 0 aliphatic carbocycles. The number of unbranched alkanes of at least 4 members (excludes halogenated alkanes) is 5. The van der Waals surface area contributed by atoms with Crippen molar-refractivity contribution in [3.63, 3.8) is 0 Å². The van der Waals surface area contributed by atoms with Crippen LogP contribution in [0, 0.1) is 11.8 Å². The number of nitrogens with zero attached hydrogens (tertiary/aromatic N) is 2. The van der Waals surface area contributed by atoms with Gasteiger partial charge in [0.15, 0.2) is 0 Å².